The Bertz CT molecular complexity index is 699. The summed E-state index contributed by atoms with van der Waals surface area (Å²) in [6, 6.07) is 4.61. The zero-order chi connectivity index (χ0) is 15.7. The topological polar surface area (TPSA) is 118 Å². The fourth-order valence-electron chi connectivity index (χ4n) is 2.32. The lowest BCUT2D eigenvalue weighted by molar-refractivity contribution is 0.522. The Morgan fingerprint density at radius 3 is 1.95 bits per heavy atom. The van der Waals surface area contributed by atoms with Crippen molar-refractivity contribution >= 4 is 20.0 Å². The quantitative estimate of drug-likeness (QED) is 0.687. The lowest BCUT2D eigenvalue weighted by atomic mass is 10.2. The monoisotopic (exact) mass is 333 g/mol. The Balaban J connectivity index is 2.21. The molecular formula is C12H19N3O4S2. The molecule has 1 aromatic rings. The zero-order valence-corrected chi connectivity index (χ0v) is 13.2. The number of hydrogen-bond donors (Lipinski definition) is 3. The average Bonchev–Trinajstić information content (AvgIpc) is 2.84. The van der Waals surface area contributed by atoms with Gasteiger partial charge in [-0.2, -0.15) is 0 Å². The van der Waals surface area contributed by atoms with Crippen molar-refractivity contribution in [1.82, 2.24) is 9.44 Å². The molecule has 2 rings (SSSR count). The number of nitrogens with two attached hydrogens (primary N) is 1. The third-order valence-electron chi connectivity index (χ3n) is 3.59. The van der Waals surface area contributed by atoms with E-state index in [-0.39, 0.29) is 21.9 Å². The summed E-state index contributed by atoms with van der Waals surface area (Å²) in [5, 5.41) is 0. The van der Waals surface area contributed by atoms with E-state index in [2.05, 4.69) is 9.44 Å². The fourth-order valence-corrected chi connectivity index (χ4v) is 4.37. The van der Waals surface area contributed by atoms with Crippen molar-refractivity contribution in [1.29, 1.82) is 0 Å². The van der Waals surface area contributed by atoms with Crippen molar-refractivity contribution < 1.29 is 16.8 Å². The van der Waals surface area contributed by atoms with Crippen LogP contribution in [0.25, 0.3) is 0 Å². The van der Waals surface area contributed by atoms with Gasteiger partial charge in [0.15, 0.2) is 0 Å². The van der Waals surface area contributed by atoms with Crippen LogP contribution < -0.4 is 15.2 Å². The van der Waals surface area contributed by atoms with E-state index in [0.717, 1.165) is 12.8 Å². The first-order valence-corrected chi connectivity index (χ1v) is 9.54. The average molecular weight is 333 g/mol. The minimum Gasteiger partial charge on any atom is -0.326 e. The Hall–Kier alpha value is -1.00. The second kappa shape index (κ2) is 6.01. The molecule has 21 heavy (non-hydrogen) atoms. The van der Waals surface area contributed by atoms with E-state index >= 15 is 0 Å². The molecule has 7 nitrogen and oxygen atoms in total. The van der Waals surface area contributed by atoms with E-state index in [1.807, 2.05) is 0 Å². The highest BCUT2D eigenvalue weighted by molar-refractivity contribution is 7.90. The first kappa shape index (κ1) is 16.4. The highest BCUT2D eigenvalue weighted by atomic mass is 32.2. The molecule has 1 fully saturated rings. The van der Waals surface area contributed by atoms with Gasteiger partial charge in [0.2, 0.25) is 20.0 Å². The van der Waals surface area contributed by atoms with Crippen LogP contribution in [-0.4, -0.2) is 36.0 Å². The molecule has 1 saturated carbocycles. The van der Waals surface area contributed by atoms with Gasteiger partial charge in [-0.15, -0.1) is 0 Å². The molecule has 0 spiro atoms. The summed E-state index contributed by atoms with van der Waals surface area (Å²) in [4.78, 5) is 0.0400. The first-order valence-electron chi connectivity index (χ1n) is 6.58. The number of nitrogens with one attached hydrogen (secondary N) is 2. The van der Waals surface area contributed by atoms with E-state index in [1.165, 1.54) is 31.3 Å². The molecule has 1 aliphatic carbocycles. The Morgan fingerprint density at radius 2 is 1.52 bits per heavy atom. The van der Waals surface area contributed by atoms with Crippen molar-refractivity contribution in [2.45, 2.75) is 41.1 Å². The molecule has 0 aromatic heterocycles. The minimum absolute atomic E-state index is 0.0153. The van der Waals surface area contributed by atoms with Crippen molar-refractivity contribution in [2.24, 2.45) is 5.73 Å². The van der Waals surface area contributed by atoms with Crippen molar-refractivity contribution in [3.8, 4) is 0 Å². The predicted octanol–water partition coefficient (Wildman–Crippen LogP) is -0.247. The molecule has 0 radical (unpaired) electrons. The highest BCUT2D eigenvalue weighted by Gasteiger charge is 2.28. The molecule has 2 atom stereocenters. The Labute approximate surface area is 125 Å². The van der Waals surface area contributed by atoms with Crippen molar-refractivity contribution in [3.05, 3.63) is 24.3 Å². The maximum atomic E-state index is 12.2. The van der Waals surface area contributed by atoms with Crippen LogP contribution in [0.2, 0.25) is 0 Å². The van der Waals surface area contributed by atoms with Gasteiger partial charge in [-0.1, -0.05) is 6.42 Å². The molecule has 118 valence electrons. The summed E-state index contributed by atoms with van der Waals surface area (Å²) in [6.45, 7) is 0. The zero-order valence-electron chi connectivity index (χ0n) is 11.6. The summed E-state index contributed by atoms with van der Waals surface area (Å²) in [5.41, 5.74) is 5.85. The molecule has 0 bridgehead atoms. The maximum absolute atomic E-state index is 12.2. The lowest BCUT2D eigenvalue weighted by Crippen LogP contribution is -2.43. The molecule has 2 unspecified atom stereocenters. The molecular weight excluding hydrogens is 314 g/mol. The van der Waals surface area contributed by atoms with Gasteiger partial charge < -0.3 is 5.73 Å². The minimum atomic E-state index is -3.69. The van der Waals surface area contributed by atoms with Gasteiger partial charge in [0.25, 0.3) is 0 Å². The maximum Gasteiger partial charge on any atom is 0.240 e. The Morgan fingerprint density at radius 1 is 1.00 bits per heavy atom. The van der Waals surface area contributed by atoms with Gasteiger partial charge in [0, 0.05) is 12.1 Å². The first-order chi connectivity index (χ1) is 9.76. The van der Waals surface area contributed by atoms with E-state index in [1.54, 1.807) is 0 Å². The molecule has 9 heteroatoms. The third kappa shape index (κ3) is 3.61. The van der Waals surface area contributed by atoms with Crippen molar-refractivity contribution in [2.75, 3.05) is 7.05 Å². The van der Waals surface area contributed by atoms with Crippen LogP contribution in [0, 0.1) is 0 Å². The van der Waals surface area contributed by atoms with Crippen LogP contribution in [0.5, 0.6) is 0 Å². The Kier molecular flexibility index (Phi) is 4.69. The van der Waals surface area contributed by atoms with Gasteiger partial charge in [-0.25, -0.2) is 26.3 Å². The van der Waals surface area contributed by atoms with E-state index in [4.69, 9.17) is 5.73 Å². The summed E-state index contributed by atoms with van der Waals surface area (Å²) in [6.07, 6.45) is 2.41. The van der Waals surface area contributed by atoms with Crippen LogP contribution in [0.1, 0.15) is 19.3 Å². The summed E-state index contributed by atoms with van der Waals surface area (Å²) >= 11 is 0. The fraction of sp³-hybridized carbons (Fsp3) is 0.500. The molecule has 0 aliphatic heterocycles. The van der Waals surface area contributed by atoms with Crippen LogP contribution in [-0.2, 0) is 20.0 Å². The summed E-state index contributed by atoms with van der Waals surface area (Å²) < 4.78 is 52.4. The molecule has 1 aromatic carbocycles. The van der Waals surface area contributed by atoms with Gasteiger partial charge in [0.1, 0.15) is 0 Å². The van der Waals surface area contributed by atoms with Crippen molar-refractivity contribution in [3.63, 3.8) is 0 Å². The van der Waals surface area contributed by atoms with Crippen LogP contribution in [0.15, 0.2) is 34.1 Å². The van der Waals surface area contributed by atoms with Crippen LogP contribution in [0.4, 0.5) is 0 Å². The number of rotatable bonds is 5. The number of hydrogen-bond acceptors (Lipinski definition) is 5. The van der Waals surface area contributed by atoms with E-state index in [9.17, 15) is 16.8 Å². The summed E-state index contributed by atoms with van der Waals surface area (Å²) in [7, 11) is -5.97. The van der Waals surface area contributed by atoms with E-state index < -0.39 is 20.0 Å². The van der Waals surface area contributed by atoms with E-state index in [0.29, 0.717) is 6.42 Å². The normalized spacial score (nSPS) is 23.3. The van der Waals surface area contributed by atoms with Gasteiger partial charge in [-0.3, -0.25) is 0 Å². The predicted molar refractivity (Wildman–Crippen MR) is 78.6 cm³/mol. The molecule has 0 amide bonds. The van der Waals surface area contributed by atoms with Gasteiger partial charge in [0.05, 0.1) is 9.79 Å². The molecule has 0 saturated heterocycles. The second-order valence-corrected chi connectivity index (χ2v) is 8.60. The highest BCUT2D eigenvalue weighted by Crippen LogP contribution is 2.20. The van der Waals surface area contributed by atoms with Gasteiger partial charge >= 0.3 is 0 Å². The van der Waals surface area contributed by atoms with Crippen LogP contribution in [0.3, 0.4) is 0 Å². The standard InChI is InChI=1S/C12H19N3O4S2/c1-14-20(16,17)9-5-7-10(8-6-9)21(18,19)15-12-4-2-3-11(12)13/h5-8,11-12,14-15H,2-4,13H2,1H3. The second-order valence-electron chi connectivity index (χ2n) is 5.00. The number of sulfonamides is 2. The molecule has 4 N–H and O–H groups in total. The molecule has 0 heterocycles. The lowest BCUT2D eigenvalue weighted by Gasteiger charge is -2.17. The third-order valence-corrected chi connectivity index (χ3v) is 6.53. The largest absolute Gasteiger partial charge is 0.326 e. The summed E-state index contributed by atoms with van der Waals surface area (Å²) in [5.74, 6) is 0. The van der Waals surface area contributed by atoms with Gasteiger partial charge in [-0.05, 0) is 44.2 Å². The van der Waals surface area contributed by atoms with Crippen LogP contribution >= 0.6 is 0 Å². The SMILES string of the molecule is CNS(=O)(=O)c1ccc(S(=O)(=O)NC2CCCC2N)cc1. The smallest absolute Gasteiger partial charge is 0.240 e. The number of benzene rings is 1. The molecule has 1 aliphatic rings.